The van der Waals surface area contributed by atoms with E-state index in [1.165, 1.54) is 0 Å². The van der Waals surface area contributed by atoms with Crippen LogP contribution in [0.5, 0.6) is 0 Å². The largest absolute Gasteiger partial charge is 0.481 e. The van der Waals surface area contributed by atoms with Gasteiger partial charge in [0.15, 0.2) is 0 Å². The first-order valence-corrected chi connectivity index (χ1v) is 6.67. The van der Waals surface area contributed by atoms with Gasteiger partial charge < -0.3 is 14.4 Å². The van der Waals surface area contributed by atoms with Crippen molar-refractivity contribution in [2.24, 2.45) is 0 Å². The van der Waals surface area contributed by atoms with E-state index in [0.29, 0.717) is 11.3 Å². The van der Waals surface area contributed by atoms with Crippen molar-refractivity contribution < 1.29 is 19.4 Å². The van der Waals surface area contributed by atoms with Crippen LogP contribution in [0.15, 0.2) is 12.3 Å². The molecule has 1 N–H and O–H groups in total. The molecule has 0 radical (unpaired) electrons. The highest BCUT2D eigenvalue weighted by Gasteiger charge is 2.18. The van der Waals surface area contributed by atoms with E-state index in [0.717, 1.165) is 25.8 Å². The first-order chi connectivity index (χ1) is 9.10. The summed E-state index contributed by atoms with van der Waals surface area (Å²) in [7, 11) is 0. The van der Waals surface area contributed by atoms with Gasteiger partial charge in [-0.15, -0.1) is 0 Å². The lowest BCUT2D eigenvalue weighted by Crippen LogP contribution is -2.14. The number of nitrogens with zero attached hydrogens (tertiary/aromatic N) is 1. The fraction of sp³-hybridized carbons (Fsp3) is 0.571. The Morgan fingerprint density at radius 3 is 2.63 bits per heavy atom. The van der Waals surface area contributed by atoms with Gasteiger partial charge in [0, 0.05) is 18.4 Å². The zero-order chi connectivity index (χ0) is 14.3. The molecule has 0 spiro atoms. The topological polar surface area (TPSA) is 68.5 Å². The van der Waals surface area contributed by atoms with E-state index in [1.807, 2.05) is 4.57 Å². The lowest BCUT2D eigenvalue weighted by molar-refractivity contribution is -0.136. The molecule has 1 aromatic rings. The predicted octanol–water partition coefficient (Wildman–Crippen LogP) is 2.48. The minimum absolute atomic E-state index is 0.159. The summed E-state index contributed by atoms with van der Waals surface area (Å²) in [5.74, 6) is -1.39. The van der Waals surface area contributed by atoms with Crippen LogP contribution < -0.4 is 0 Å². The van der Waals surface area contributed by atoms with E-state index in [4.69, 9.17) is 9.84 Å². The van der Waals surface area contributed by atoms with E-state index in [9.17, 15) is 9.59 Å². The van der Waals surface area contributed by atoms with Crippen LogP contribution in [-0.4, -0.2) is 28.2 Å². The highest BCUT2D eigenvalue weighted by atomic mass is 16.5. The van der Waals surface area contributed by atoms with Gasteiger partial charge in [-0.1, -0.05) is 19.8 Å². The minimum Gasteiger partial charge on any atom is -0.481 e. The van der Waals surface area contributed by atoms with Gasteiger partial charge in [0.05, 0.1) is 18.6 Å². The van der Waals surface area contributed by atoms with Gasteiger partial charge >= 0.3 is 11.9 Å². The van der Waals surface area contributed by atoms with Gasteiger partial charge in [-0.25, -0.2) is 4.79 Å². The number of carboxylic acids is 1. The van der Waals surface area contributed by atoms with Crippen molar-refractivity contribution in [1.29, 1.82) is 0 Å². The van der Waals surface area contributed by atoms with Crippen molar-refractivity contribution >= 4 is 11.9 Å². The maximum atomic E-state index is 11.8. The Morgan fingerprint density at radius 2 is 2.05 bits per heavy atom. The maximum absolute atomic E-state index is 11.8. The summed E-state index contributed by atoms with van der Waals surface area (Å²) in [6, 6.07) is 1.64. The van der Waals surface area contributed by atoms with Crippen LogP contribution in [-0.2, 0) is 22.5 Å². The molecule has 1 rings (SSSR count). The Balaban J connectivity index is 2.91. The summed E-state index contributed by atoms with van der Waals surface area (Å²) in [5, 5.41) is 8.95. The van der Waals surface area contributed by atoms with E-state index in [-0.39, 0.29) is 13.0 Å². The molecule has 0 saturated heterocycles. The van der Waals surface area contributed by atoms with Crippen LogP contribution in [0, 0.1) is 0 Å². The van der Waals surface area contributed by atoms with E-state index >= 15 is 0 Å². The van der Waals surface area contributed by atoms with Crippen LogP contribution in [0.3, 0.4) is 0 Å². The predicted molar refractivity (Wildman–Crippen MR) is 71.3 cm³/mol. The summed E-state index contributed by atoms with van der Waals surface area (Å²) in [6.45, 7) is 4.85. The Labute approximate surface area is 113 Å². The van der Waals surface area contributed by atoms with Crippen LogP contribution in [0.1, 0.15) is 49.2 Å². The van der Waals surface area contributed by atoms with Crippen LogP contribution in [0.25, 0.3) is 0 Å². The van der Waals surface area contributed by atoms with E-state index in [2.05, 4.69) is 6.92 Å². The number of aromatic nitrogens is 1. The molecule has 0 fully saturated rings. The summed E-state index contributed by atoms with van der Waals surface area (Å²) in [4.78, 5) is 22.7. The molecule has 0 saturated carbocycles. The smallest absolute Gasteiger partial charge is 0.339 e. The Bertz CT molecular complexity index is 437. The summed E-state index contributed by atoms with van der Waals surface area (Å²) in [6.07, 6.45) is 4.76. The molecule has 0 aliphatic rings. The number of aryl methyl sites for hydroxylation is 1. The highest BCUT2D eigenvalue weighted by Crippen LogP contribution is 2.15. The fourth-order valence-electron chi connectivity index (χ4n) is 1.98. The second-order valence-electron chi connectivity index (χ2n) is 4.37. The SMILES string of the molecule is CCCCCn1ccc(C(=O)OCC)c1CC(=O)O. The number of hydrogen-bond donors (Lipinski definition) is 1. The first-order valence-electron chi connectivity index (χ1n) is 6.67. The second-order valence-corrected chi connectivity index (χ2v) is 4.37. The van der Waals surface area contributed by atoms with Crippen LogP contribution in [0.2, 0.25) is 0 Å². The zero-order valence-corrected chi connectivity index (χ0v) is 11.5. The molecule has 5 nitrogen and oxygen atoms in total. The van der Waals surface area contributed by atoms with Crippen molar-refractivity contribution in [3.05, 3.63) is 23.5 Å². The van der Waals surface area contributed by atoms with Crippen molar-refractivity contribution in [2.45, 2.75) is 46.1 Å². The van der Waals surface area contributed by atoms with E-state index in [1.54, 1.807) is 19.2 Å². The third kappa shape index (κ3) is 4.43. The van der Waals surface area contributed by atoms with Gasteiger partial charge in [-0.3, -0.25) is 4.79 Å². The Hall–Kier alpha value is -1.78. The highest BCUT2D eigenvalue weighted by molar-refractivity contribution is 5.92. The number of hydrogen-bond acceptors (Lipinski definition) is 3. The summed E-state index contributed by atoms with van der Waals surface area (Å²) in [5.41, 5.74) is 0.891. The molecule has 5 heteroatoms. The Kier molecular flexibility index (Phi) is 6.12. The van der Waals surface area contributed by atoms with E-state index < -0.39 is 11.9 Å². The molecule has 1 heterocycles. The van der Waals surface area contributed by atoms with Crippen molar-refractivity contribution in [3.63, 3.8) is 0 Å². The monoisotopic (exact) mass is 267 g/mol. The molecular weight excluding hydrogens is 246 g/mol. The van der Waals surface area contributed by atoms with Gasteiger partial charge in [-0.05, 0) is 19.4 Å². The number of esters is 1. The van der Waals surface area contributed by atoms with Crippen molar-refractivity contribution in [1.82, 2.24) is 4.57 Å². The summed E-state index contributed by atoms with van der Waals surface area (Å²) < 4.78 is 6.79. The normalized spacial score (nSPS) is 10.4. The second kappa shape index (κ2) is 7.61. The molecule has 0 atom stereocenters. The average molecular weight is 267 g/mol. The number of rotatable bonds is 8. The standard InChI is InChI=1S/C14H21NO4/c1-3-5-6-8-15-9-7-11(14(18)19-4-2)12(15)10-13(16)17/h7,9H,3-6,8,10H2,1-2H3,(H,16,17). The third-order valence-electron chi connectivity index (χ3n) is 2.90. The van der Waals surface area contributed by atoms with Gasteiger partial charge in [-0.2, -0.15) is 0 Å². The number of carbonyl (C=O) groups is 2. The molecule has 19 heavy (non-hydrogen) atoms. The first kappa shape index (κ1) is 15.3. The average Bonchev–Trinajstić information content (AvgIpc) is 2.72. The maximum Gasteiger partial charge on any atom is 0.339 e. The zero-order valence-electron chi connectivity index (χ0n) is 11.5. The molecule has 0 amide bonds. The number of unbranched alkanes of at least 4 members (excludes halogenated alkanes) is 2. The van der Waals surface area contributed by atoms with Crippen molar-refractivity contribution in [3.8, 4) is 0 Å². The van der Waals surface area contributed by atoms with Gasteiger partial charge in [0.1, 0.15) is 0 Å². The lowest BCUT2D eigenvalue weighted by Gasteiger charge is -2.09. The molecule has 0 bridgehead atoms. The molecule has 106 valence electrons. The van der Waals surface area contributed by atoms with Gasteiger partial charge in [0.2, 0.25) is 0 Å². The molecule has 0 unspecified atom stereocenters. The quantitative estimate of drug-likeness (QED) is 0.580. The fourth-order valence-corrected chi connectivity index (χ4v) is 1.98. The van der Waals surface area contributed by atoms with Crippen LogP contribution >= 0.6 is 0 Å². The lowest BCUT2D eigenvalue weighted by atomic mass is 10.2. The van der Waals surface area contributed by atoms with Crippen molar-refractivity contribution in [2.75, 3.05) is 6.61 Å². The Morgan fingerprint density at radius 1 is 1.32 bits per heavy atom. The molecular formula is C14H21NO4. The molecule has 0 aliphatic heterocycles. The number of carboxylic acid groups (broad SMARTS) is 1. The molecule has 1 aromatic heterocycles. The molecule has 0 aliphatic carbocycles. The number of carbonyl (C=O) groups excluding carboxylic acids is 1. The number of ether oxygens (including phenoxy) is 1. The minimum atomic E-state index is -0.944. The summed E-state index contributed by atoms with van der Waals surface area (Å²) >= 11 is 0. The number of aliphatic carboxylic acids is 1. The van der Waals surface area contributed by atoms with Crippen LogP contribution in [0.4, 0.5) is 0 Å². The third-order valence-corrected chi connectivity index (χ3v) is 2.90. The molecule has 0 aromatic carbocycles. The van der Waals surface area contributed by atoms with Gasteiger partial charge in [0.25, 0.3) is 0 Å².